The first kappa shape index (κ1) is 11.4. The van der Waals surface area contributed by atoms with Crippen LogP contribution in [-0.2, 0) is 4.79 Å². The lowest BCUT2D eigenvalue weighted by Crippen LogP contribution is -2.47. The number of carbonyl (C=O) groups is 1. The van der Waals surface area contributed by atoms with Gasteiger partial charge < -0.3 is 16.2 Å². The Morgan fingerprint density at radius 1 is 1.58 bits per heavy atom. The van der Waals surface area contributed by atoms with E-state index >= 15 is 0 Å². The number of nitrogens with two attached hydrogens (primary N) is 1. The van der Waals surface area contributed by atoms with E-state index in [1.807, 2.05) is 0 Å². The molecule has 0 aromatic rings. The third-order valence-electron chi connectivity index (χ3n) is 2.15. The lowest BCUT2D eigenvalue weighted by Gasteiger charge is -2.23. The fourth-order valence-electron chi connectivity index (χ4n) is 0.962. The van der Waals surface area contributed by atoms with E-state index in [0.29, 0.717) is 13.0 Å². The van der Waals surface area contributed by atoms with Gasteiger partial charge in [-0.2, -0.15) is 0 Å². The summed E-state index contributed by atoms with van der Waals surface area (Å²) in [7, 11) is 1.66. The number of hydrogen-bond donors (Lipinski definition) is 3. The van der Waals surface area contributed by atoms with E-state index in [4.69, 9.17) is 10.8 Å². The number of carboxylic acid groups (broad SMARTS) is 1. The summed E-state index contributed by atoms with van der Waals surface area (Å²) in [6, 6.07) is 0. The first-order chi connectivity index (χ1) is 5.56. The minimum atomic E-state index is -0.804. The van der Waals surface area contributed by atoms with E-state index in [0.717, 1.165) is 12.8 Å². The Labute approximate surface area is 73.1 Å². The van der Waals surface area contributed by atoms with Crippen LogP contribution in [0.2, 0.25) is 0 Å². The summed E-state index contributed by atoms with van der Waals surface area (Å²) < 4.78 is 0. The first-order valence-corrected chi connectivity index (χ1v) is 4.19. The van der Waals surface area contributed by atoms with Gasteiger partial charge in [0.1, 0.15) is 5.54 Å². The van der Waals surface area contributed by atoms with Gasteiger partial charge in [0.2, 0.25) is 0 Å². The Hall–Kier alpha value is -0.610. The fourth-order valence-corrected chi connectivity index (χ4v) is 0.962. The van der Waals surface area contributed by atoms with Crippen molar-refractivity contribution in [3.63, 3.8) is 0 Å². The molecule has 0 radical (unpaired) electrons. The van der Waals surface area contributed by atoms with E-state index in [-0.39, 0.29) is 0 Å². The third kappa shape index (κ3) is 3.19. The van der Waals surface area contributed by atoms with Gasteiger partial charge in [0.15, 0.2) is 0 Å². The largest absolute Gasteiger partial charge is 0.480 e. The zero-order valence-electron chi connectivity index (χ0n) is 7.76. The zero-order valence-corrected chi connectivity index (χ0v) is 7.76. The molecule has 0 fully saturated rings. The Balaban J connectivity index is 3.88. The Morgan fingerprint density at radius 3 is 2.50 bits per heavy atom. The lowest BCUT2D eigenvalue weighted by molar-refractivity contribution is -0.144. The molecule has 0 aliphatic rings. The maximum Gasteiger partial charge on any atom is 0.323 e. The molecular formula is C8H18N2O2. The van der Waals surface area contributed by atoms with Crippen molar-refractivity contribution >= 4 is 5.97 Å². The highest BCUT2D eigenvalue weighted by atomic mass is 16.4. The van der Waals surface area contributed by atoms with Gasteiger partial charge >= 0.3 is 5.97 Å². The van der Waals surface area contributed by atoms with Crippen LogP contribution < -0.4 is 11.1 Å². The van der Waals surface area contributed by atoms with Crippen molar-refractivity contribution in [2.24, 2.45) is 5.73 Å². The molecule has 0 aromatic heterocycles. The second-order valence-electron chi connectivity index (χ2n) is 3.13. The molecule has 4 N–H and O–H groups in total. The van der Waals surface area contributed by atoms with Crippen LogP contribution in [0.15, 0.2) is 0 Å². The Bertz CT molecular complexity index is 150. The van der Waals surface area contributed by atoms with E-state index in [9.17, 15) is 4.79 Å². The molecule has 0 saturated carbocycles. The molecule has 0 aromatic carbocycles. The van der Waals surface area contributed by atoms with Crippen LogP contribution >= 0.6 is 0 Å². The maximum atomic E-state index is 10.8. The molecular weight excluding hydrogens is 156 g/mol. The van der Waals surface area contributed by atoms with Gasteiger partial charge in [-0.3, -0.25) is 4.79 Å². The third-order valence-corrected chi connectivity index (χ3v) is 2.15. The molecule has 0 saturated heterocycles. The molecule has 0 amide bonds. The molecule has 0 spiro atoms. The number of nitrogens with one attached hydrogen (secondary N) is 1. The second kappa shape index (κ2) is 5.11. The highest BCUT2D eigenvalue weighted by Crippen LogP contribution is 2.12. The Kier molecular flexibility index (Phi) is 4.85. The molecule has 4 heteroatoms. The topological polar surface area (TPSA) is 75.3 Å². The van der Waals surface area contributed by atoms with Crippen LogP contribution in [-0.4, -0.2) is 30.2 Å². The van der Waals surface area contributed by atoms with Crippen molar-refractivity contribution in [3.8, 4) is 0 Å². The summed E-state index contributed by atoms with van der Waals surface area (Å²) in [6.45, 7) is 2.31. The van der Waals surface area contributed by atoms with E-state index < -0.39 is 11.5 Å². The zero-order chi connectivity index (χ0) is 9.61. The second-order valence-corrected chi connectivity index (χ2v) is 3.13. The first-order valence-electron chi connectivity index (χ1n) is 4.19. The van der Waals surface area contributed by atoms with Crippen molar-refractivity contribution < 1.29 is 9.90 Å². The van der Waals surface area contributed by atoms with Crippen molar-refractivity contribution in [1.29, 1.82) is 0 Å². The monoisotopic (exact) mass is 174 g/mol. The molecule has 72 valence electrons. The lowest BCUT2D eigenvalue weighted by atomic mass is 9.95. The van der Waals surface area contributed by atoms with E-state index in [2.05, 4.69) is 5.32 Å². The smallest absolute Gasteiger partial charge is 0.323 e. The van der Waals surface area contributed by atoms with Crippen LogP contribution in [0.3, 0.4) is 0 Å². The summed E-state index contributed by atoms with van der Waals surface area (Å²) >= 11 is 0. The van der Waals surface area contributed by atoms with E-state index in [1.165, 1.54) is 0 Å². The number of rotatable bonds is 6. The molecule has 4 nitrogen and oxygen atoms in total. The number of hydrogen-bond acceptors (Lipinski definition) is 3. The summed E-state index contributed by atoms with van der Waals surface area (Å²) in [5, 5.41) is 11.6. The molecule has 1 atom stereocenters. The number of carboxylic acids is 1. The minimum absolute atomic E-state index is 0.621. The highest BCUT2D eigenvalue weighted by molar-refractivity contribution is 5.78. The van der Waals surface area contributed by atoms with Gasteiger partial charge in [-0.25, -0.2) is 0 Å². The van der Waals surface area contributed by atoms with Crippen molar-refractivity contribution in [2.75, 3.05) is 13.6 Å². The molecule has 0 bridgehead atoms. The van der Waals surface area contributed by atoms with Crippen LogP contribution in [0.1, 0.15) is 26.2 Å². The summed E-state index contributed by atoms with van der Waals surface area (Å²) in [5.74, 6) is -0.804. The van der Waals surface area contributed by atoms with Crippen molar-refractivity contribution in [2.45, 2.75) is 31.7 Å². The van der Waals surface area contributed by atoms with Gasteiger partial charge in [-0.1, -0.05) is 0 Å². The molecule has 0 unspecified atom stereocenters. The normalized spacial score (nSPS) is 15.6. The predicted molar refractivity (Wildman–Crippen MR) is 48.0 cm³/mol. The summed E-state index contributed by atoms with van der Waals surface area (Å²) in [6.07, 6.45) is 2.35. The van der Waals surface area contributed by atoms with Crippen LogP contribution in [0.5, 0.6) is 0 Å². The van der Waals surface area contributed by atoms with Crippen LogP contribution in [0, 0.1) is 0 Å². The van der Waals surface area contributed by atoms with Gasteiger partial charge in [0.25, 0.3) is 0 Å². The summed E-state index contributed by atoms with van der Waals surface area (Å²) in [5.41, 5.74) is 4.51. The quantitative estimate of drug-likeness (QED) is 0.502. The molecule has 0 heterocycles. The fraction of sp³-hybridized carbons (Fsp3) is 0.875. The van der Waals surface area contributed by atoms with E-state index in [1.54, 1.807) is 14.0 Å². The predicted octanol–water partition coefficient (Wildman–Crippen LogP) is 0.178. The van der Waals surface area contributed by atoms with Crippen LogP contribution in [0.4, 0.5) is 0 Å². The molecule has 0 aliphatic carbocycles. The van der Waals surface area contributed by atoms with Gasteiger partial charge in [-0.15, -0.1) is 0 Å². The molecule has 0 aliphatic heterocycles. The van der Waals surface area contributed by atoms with Gasteiger partial charge in [-0.05, 0) is 39.8 Å². The van der Waals surface area contributed by atoms with Gasteiger partial charge in [0.05, 0.1) is 0 Å². The minimum Gasteiger partial charge on any atom is -0.480 e. The number of likely N-dealkylation sites (N-methyl/N-ethyl adjacent to an activating group) is 1. The SMILES string of the molecule is CN[C@@](C)(CCCCN)C(=O)O. The number of unbranched alkanes of at least 4 members (excludes halogenated alkanes) is 1. The molecule has 0 rings (SSSR count). The van der Waals surface area contributed by atoms with Crippen molar-refractivity contribution in [1.82, 2.24) is 5.32 Å². The Morgan fingerprint density at radius 2 is 2.17 bits per heavy atom. The number of aliphatic carboxylic acids is 1. The standard InChI is InChI=1S/C8H18N2O2/c1-8(10-2,7(11)12)5-3-4-6-9/h10H,3-6,9H2,1-2H3,(H,11,12)/t8-/m0/s1. The van der Waals surface area contributed by atoms with Gasteiger partial charge in [0, 0.05) is 0 Å². The highest BCUT2D eigenvalue weighted by Gasteiger charge is 2.29. The average Bonchev–Trinajstić information content (AvgIpc) is 2.04. The summed E-state index contributed by atoms with van der Waals surface area (Å²) in [4.78, 5) is 10.8. The maximum absolute atomic E-state index is 10.8. The molecule has 12 heavy (non-hydrogen) atoms. The van der Waals surface area contributed by atoms with Crippen LogP contribution in [0.25, 0.3) is 0 Å². The average molecular weight is 174 g/mol. The van der Waals surface area contributed by atoms with Crippen molar-refractivity contribution in [3.05, 3.63) is 0 Å².